The highest BCUT2D eigenvalue weighted by molar-refractivity contribution is 7.10. The Morgan fingerprint density at radius 2 is 2.10 bits per heavy atom. The van der Waals surface area contributed by atoms with Gasteiger partial charge in [0.1, 0.15) is 6.61 Å². The van der Waals surface area contributed by atoms with Crippen LogP contribution in [0.5, 0.6) is 0 Å². The molecule has 0 saturated carbocycles. The van der Waals surface area contributed by atoms with Gasteiger partial charge < -0.3 is 10.0 Å². The van der Waals surface area contributed by atoms with Crippen LogP contribution in [0.15, 0.2) is 35.7 Å². The topological polar surface area (TPSA) is 40.5 Å². The summed E-state index contributed by atoms with van der Waals surface area (Å²) in [6, 6.07) is 9.99. The fourth-order valence-corrected chi connectivity index (χ4v) is 3.34. The fourth-order valence-electron chi connectivity index (χ4n) is 2.52. The van der Waals surface area contributed by atoms with Gasteiger partial charge in [0.05, 0.1) is 6.54 Å². The number of hydrogen-bond acceptors (Lipinski definition) is 3. The van der Waals surface area contributed by atoms with Crippen LogP contribution < -0.4 is 4.90 Å². The van der Waals surface area contributed by atoms with E-state index in [9.17, 15) is 4.79 Å². The number of amides is 1. The number of hydrogen-bond donors (Lipinski definition) is 1. The molecule has 0 atom stereocenters. The normalized spacial score (nSPS) is 13.6. The molecule has 1 aromatic carbocycles. The maximum absolute atomic E-state index is 12.3. The van der Waals surface area contributed by atoms with Crippen LogP contribution in [0.2, 0.25) is 0 Å². The number of aliphatic hydroxyl groups is 1. The van der Waals surface area contributed by atoms with Crippen molar-refractivity contribution >= 4 is 22.9 Å². The van der Waals surface area contributed by atoms with Crippen LogP contribution in [0, 0.1) is 11.8 Å². The highest BCUT2D eigenvalue weighted by Crippen LogP contribution is 2.30. The number of carbonyl (C=O) groups excluding carboxylic acids is 1. The number of aliphatic hydroxyl groups excluding tert-OH is 1. The SMILES string of the molecule is O=C1CCc2ccccc2N1Cc1sccc1C#CCO. The Balaban J connectivity index is 1.91. The highest BCUT2D eigenvalue weighted by atomic mass is 32.1. The van der Waals surface area contributed by atoms with Crippen LogP contribution in [0.3, 0.4) is 0 Å². The maximum Gasteiger partial charge on any atom is 0.227 e. The molecule has 1 aliphatic rings. The minimum absolute atomic E-state index is 0.152. The molecule has 2 heterocycles. The zero-order valence-electron chi connectivity index (χ0n) is 11.5. The predicted octanol–water partition coefficient (Wildman–Crippen LogP) is 2.57. The number of nitrogens with zero attached hydrogens (tertiary/aromatic N) is 1. The van der Waals surface area contributed by atoms with Crippen molar-refractivity contribution in [2.75, 3.05) is 11.5 Å². The van der Waals surface area contributed by atoms with Crippen LogP contribution in [-0.2, 0) is 17.8 Å². The molecule has 3 rings (SSSR count). The second kappa shape index (κ2) is 6.13. The number of rotatable bonds is 2. The van der Waals surface area contributed by atoms with E-state index in [1.165, 1.54) is 5.56 Å². The third kappa shape index (κ3) is 2.85. The number of thiophene rings is 1. The lowest BCUT2D eigenvalue weighted by molar-refractivity contribution is -0.119. The third-order valence-corrected chi connectivity index (χ3v) is 4.45. The van der Waals surface area contributed by atoms with Gasteiger partial charge in [-0.15, -0.1) is 11.3 Å². The molecule has 1 aliphatic heterocycles. The van der Waals surface area contributed by atoms with Gasteiger partial charge in [0, 0.05) is 22.5 Å². The van der Waals surface area contributed by atoms with E-state index in [0.717, 1.165) is 22.5 Å². The molecule has 21 heavy (non-hydrogen) atoms. The first-order chi connectivity index (χ1) is 10.3. The van der Waals surface area contributed by atoms with E-state index in [4.69, 9.17) is 5.11 Å². The quantitative estimate of drug-likeness (QED) is 0.866. The minimum Gasteiger partial charge on any atom is -0.384 e. The number of para-hydroxylation sites is 1. The van der Waals surface area contributed by atoms with Gasteiger partial charge in [0.25, 0.3) is 0 Å². The Morgan fingerprint density at radius 1 is 1.24 bits per heavy atom. The first-order valence-electron chi connectivity index (χ1n) is 6.84. The van der Waals surface area contributed by atoms with Gasteiger partial charge >= 0.3 is 0 Å². The van der Waals surface area contributed by atoms with E-state index in [-0.39, 0.29) is 12.5 Å². The van der Waals surface area contributed by atoms with E-state index in [0.29, 0.717) is 13.0 Å². The van der Waals surface area contributed by atoms with Crippen LogP contribution in [0.4, 0.5) is 5.69 Å². The van der Waals surface area contributed by atoms with Crippen molar-refractivity contribution < 1.29 is 9.90 Å². The summed E-state index contributed by atoms with van der Waals surface area (Å²) in [5, 5.41) is 10.8. The van der Waals surface area contributed by atoms with Crippen LogP contribution >= 0.6 is 11.3 Å². The minimum atomic E-state index is -0.152. The van der Waals surface area contributed by atoms with Crippen LogP contribution in [-0.4, -0.2) is 17.6 Å². The van der Waals surface area contributed by atoms with E-state index in [1.54, 1.807) is 11.3 Å². The standard InChI is InChI=1S/C17H15NO2S/c19-10-3-5-14-9-11-21-16(14)12-18-15-6-2-1-4-13(15)7-8-17(18)20/h1-2,4,6,9,11,19H,7-8,10,12H2. The van der Waals surface area contributed by atoms with Gasteiger partial charge in [-0.2, -0.15) is 0 Å². The smallest absolute Gasteiger partial charge is 0.227 e. The number of carbonyl (C=O) groups is 1. The molecule has 2 aromatic rings. The molecule has 0 fully saturated rings. The van der Waals surface area contributed by atoms with Crippen molar-refractivity contribution in [2.24, 2.45) is 0 Å². The Hall–Kier alpha value is -2.09. The summed E-state index contributed by atoms with van der Waals surface area (Å²) in [7, 11) is 0. The first-order valence-corrected chi connectivity index (χ1v) is 7.72. The van der Waals surface area contributed by atoms with Crippen molar-refractivity contribution in [1.29, 1.82) is 0 Å². The number of anilines is 1. The average molecular weight is 297 g/mol. The maximum atomic E-state index is 12.3. The zero-order valence-corrected chi connectivity index (χ0v) is 12.3. The molecular weight excluding hydrogens is 282 g/mol. The number of fused-ring (bicyclic) bond motifs is 1. The molecule has 0 radical (unpaired) electrons. The van der Waals surface area contributed by atoms with Crippen molar-refractivity contribution in [3.05, 3.63) is 51.7 Å². The van der Waals surface area contributed by atoms with E-state index >= 15 is 0 Å². The molecule has 4 heteroatoms. The summed E-state index contributed by atoms with van der Waals surface area (Å²) < 4.78 is 0. The van der Waals surface area contributed by atoms with Gasteiger partial charge in [0.15, 0.2) is 0 Å². The molecule has 106 valence electrons. The molecule has 1 aromatic heterocycles. The van der Waals surface area contributed by atoms with Crippen LogP contribution in [0.1, 0.15) is 22.4 Å². The van der Waals surface area contributed by atoms with Gasteiger partial charge in [-0.1, -0.05) is 30.0 Å². The summed E-state index contributed by atoms with van der Waals surface area (Å²) in [5.74, 6) is 5.77. The Bertz CT molecular complexity index is 724. The van der Waals surface area contributed by atoms with E-state index < -0.39 is 0 Å². The fraction of sp³-hybridized carbons (Fsp3) is 0.235. The average Bonchev–Trinajstić information content (AvgIpc) is 2.95. The van der Waals surface area contributed by atoms with Crippen molar-refractivity contribution in [2.45, 2.75) is 19.4 Å². The van der Waals surface area contributed by atoms with E-state index in [2.05, 4.69) is 17.9 Å². The van der Waals surface area contributed by atoms with Gasteiger partial charge in [-0.05, 0) is 29.5 Å². The predicted molar refractivity (Wildman–Crippen MR) is 84.2 cm³/mol. The molecule has 0 aliphatic carbocycles. The zero-order chi connectivity index (χ0) is 14.7. The summed E-state index contributed by atoms with van der Waals surface area (Å²) in [5.41, 5.74) is 3.12. The monoisotopic (exact) mass is 297 g/mol. The molecular formula is C17H15NO2S. The lowest BCUT2D eigenvalue weighted by Crippen LogP contribution is -2.34. The largest absolute Gasteiger partial charge is 0.384 e. The highest BCUT2D eigenvalue weighted by Gasteiger charge is 2.24. The Labute approximate surface area is 127 Å². The first kappa shape index (κ1) is 13.9. The molecule has 0 unspecified atom stereocenters. The number of aryl methyl sites for hydroxylation is 1. The van der Waals surface area contributed by atoms with Crippen molar-refractivity contribution in [3.63, 3.8) is 0 Å². The Kier molecular flexibility index (Phi) is 4.05. The molecule has 0 bridgehead atoms. The van der Waals surface area contributed by atoms with Crippen LogP contribution in [0.25, 0.3) is 0 Å². The summed E-state index contributed by atoms with van der Waals surface area (Å²) in [6.45, 7) is 0.393. The second-order valence-electron chi connectivity index (χ2n) is 4.83. The lowest BCUT2D eigenvalue weighted by Gasteiger charge is -2.29. The molecule has 0 spiro atoms. The molecule has 3 nitrogen and oxygen atoms in total. The molecule has 1 amide bonds. The third-order valence-electron chi connectivity index (χ3n) is 3.54. The van der Waals surface area contributed by atoms with Crippen molar-refractivity contribution in [1.82, 2.24) is 0 Å². The number of benzene rings is 1. The lowest BCUT2D eigenvalue weighted by atomic mass is 10.0. The van der Waals surface area contributed by atoms with E-state index in [1.807, 2.05) is 34.5 Å². The second-order valence-corrected chi connectivity index (χ2v) is 5.83. The van der Waals surface area contributed by atoms with Gasteiger partial charge in [0.2, 0.25) is 5.91 Å². The van der Waals surface area contributed by atoms with Gasteiger partial charge in [-0.3, -0.25) is 4.79 Å². The summed E-state index contributed by atoms with van der Waals surface area (Å²) >= 11 is 1.59. The van der Waals surface area contributed by atoms with Gasteiger partial charge in [-0.25, -0.2) is 0 Å². The molecule has 1 N–H and O–H groups in total. The summed E-state index contributed by atoms with van der Waals surface area (Å²) in [6.07, 6.45) is 1.37. The summed E-state index contributed by atoms with van der Waals surface area (Å²) in [4.78, 5) is 15.2. The van der Waals surface area contributed by atoms with Crippen molar-refractivity contribution in [3.8, 4) is 11.8 Å². The Morgan fingerprint density at radius 3 is 2.95 bits per heavy atom. The molecule has 0 saturated heterocycles.